The summed E-state index contributed by atoms with van der Waals surface area (Å²) in [4.78, 5) is 15.6. The fourth-order valence-electron chi connectivity index (χ4n) is 2.84. The number of nitrogens with one attached hydrogen (secondary N) is 1. The van der Waals surface area contributed by atoms with Crippen molar-refractivity contribution >= 4 is 17.8 Å². The first kappa shape index (κ1) is 18.1. The first-order valence-electron chi connectivity index (χ1n) is 8.53. The Morgan fingerprint density at radius 3 is 2.52 bits per heavy atom. The number of carbonyl (C=O) groups excluding carboxylic acids is 1. The van der Waals surface area contributed by atoms with Crippen molar-refractivity contribution in [2.75, 3.05) is 25.4 Å². The number of thioether (sulfide) groups is 1. The van der Waals surface area contributed by atoms with E-state index in [9.17, 15) is 4.79 Å². The molecule has 1 fully saturated rings. The molecule has 0 radical (unpaired) electrons. The molecular weight excluding hydrogens is 308 g/mol. The van der Waals surface area contributed by atoms with Gasteiger partial charge in [0.25, 0.3) is 0 Å². The predicted molar refractivity (Wildman–Crippen MR) is 96.0 cm³/mol. The van der Waals surface area contributed by atoms with Crippen LogP contribution in [0.5, 0.6) is 0 Å². The van der Waals surface area contributed by atoms with Gasteiger partial charge < -0.3 is 15.0 Å². The minimum atomic E-state index is 0.0211. The van der Waals surface area contributed by atoms with Crippen LogP contribution in [0.15, 0.2) is 29.2 Å². The average molecular weight is 337 g/mol. The minimum absolute atomic E-state index is 0.0211. The van der Waals surface area contributed by atoms with E-state index >= 15 is 0 Å². The van der Waals surface area contributed by atoms with Crippen LogP contribution in [-0.4, -0.2) is 42.5 Å². The van der Waals surface area contributed by atoms with E-state index < -0.39 is 0 Å². The molecule has 0 aromatic heterocycles. The van der Waals surface area contributed by atoms with E-state index in [1.165, 1.54) is 4.90 Å². The van der Waals surface area contributed by atoms with Crippen molar-refractivity contribution in [3.8, 4) is 0 Å². The number of hydrogen-bond acceptors (Lipinski definition) is 3. The third-order valence-electron chi connectivity index (χ3n) is 4.16. The monoisotopic (exact) mass is 336 g/mol. The summed E-state index contributed by atoms with van der Waals surface area (Å²) in [5, 5.41) is 3.10. The number of hydrogen-bond donors (Lipinski definition) is 1. The lowest BCUT2D eigenvalue weighted by Gasteiger charge is -2.32. The summed E-state index contributed by atoms with van der Waals surface area (Å²) in [6.45, 7) is 8.50. The number of amides is 2. The van der Waals surface area contributed by atoms with Crippen LogP contribution in [0.1, 0.15) is 45.2 Å². The molecule has 2 rings (SSSR count). The molecule has 128 valence electrons. The van der Waals surface area contributed by atoms with Gasteiger partial charge in [0.15, 0.2) is 0 Å². The number of urea groups is 1. The van der Waals surface area contributed by atoms with Crippen molar-refractivity contribution < 1.29 is 9.53 Å². The van der Waals surface area contributed by atoms with Crippen molar-refractivity contribution in [2.24, 2.45) is 0 Å². The molecule has 0 saturated carbocycles. The molecule has 2 amide bonds. The molecule has 1 aliphatic heterocycles. The Balaban J connectivity index is 1.82. The topological polar surface area (TPSA) is 41.6 Å². The smallest absolute Gasteiger partial charge is 0.317 e. The molecule has 1 N–H and O–H groups in total. The van der Waals surface area contributed by atoms with Crippen LogP contribution in [0, 0.1) is 0 Å². The lowest BCUT2D eigenvalue weighted by molar-refractivity contribution is 0.0218. The first-order chi connectivity index (χ1) is 11.1. The van der Waals surface area contributed by atoms with Crippen molar-refractivity contribution in [3.05, 3.63) is 29.8 Å². The Bertz CT molecular complexity index is 484. The number of likely N-dealkylation sites (tertiary alicyclic amines) is 1. The third kappa shape index (κ3) is 5.43. The standard InChI is InChI=1S/C18H28N2O2S/c1-4-22-16-10-12-20(13-11-16)18(21)19-14(3)15-6-8-17(9-7-15)23-5-2/h6-9,14,16H,4-5,10-13H2,1-3H3,(H,19,21)/t14-/m1/s1. The van der Waals surface area contributed by atoms with Crippen LogP contribution in [0.3, 0.4) is 0 Å². The molecule has 23 heavy (non-hydrogen) atoms. The van der Waals surface area contributed by atoms with E-state index in [1.807, 2.05) is 30.5 Å². The number of piperidine rings is 1. The van der Waals surface area contributed by atoms with E-state index in [1.54, 1.807) is 0 Å². The lowest BCUT2D eigenvalue weighted by Crippen LogP contribution is -2.46. The molecule has 0 bridgehead atoms. The van der Waals surface area contributed by atoms with E-state index in [-0.39, 0.29) is 12.1 Å². The lowest BCUT2D eigenvalue weighted by atomic mass is 10.1. The second kappa shape index (κ2) is 9.18. The minimum Gasteiger partial charge on any atom is -0.378 e. The second-order valence-electron chi connectivity index (χ2n) is 5.81. The van der Waals surface area contributed by atoms with Gasteiger partial charge in [0.1, 0.15) is 0 Å². The van der Waals surface area contributed by atoms with Gasteiger partial charge in [-0.05, 0) is 50.1 Å². The molecule has 0 unspecified atom stereocenters. The normalized spacial score (nSPS) is 17.1. The quantitative estimate of drug-likeness (QED) is 0.796. The van der Waals surface area contributed by atoms with Gasteiger partial charge in [-0.15, -0.1) is 11.8 Å². The van der Waals surface area contributed by atoms with Crippen LogP contribution >= 0.6 is 11.8 Å². The second-order valence-corrected chi connectivity index (χ2v) is 7.15. The molecule has 1 aromatic carbocycles. The van der Waals surface area contributed by atoms with E-state index in [4.69, 9.17) is 4.74 Å². The van der Waals surface area contributed by atoms with Gasteiger partial charge in [0.05, 0.1) is 12.1 Å². The largest absolute Gasteiger partial charge is 0.378 e. The van der Waals surface area contributed by atoms with E-state index in [0.717, 1.165) is 43.9 Å². The molecular formula is C18H28N2O2S. The highest BCUT2D eigenvalue weighted by atomic mass is 32.2. The predicted octanol–water partition coefficient (Wildman–Crippen LogP) is 4.07. The molecule has 5 heteroatoms. The summed E-state index contributed by atoms with van der Waals surface area (Å²) in [6, 6.07) is 8.50. The summed E-state index contributed by atoms with van der Waals surface area (Å²) in [5.41, 5.74) is 1.14. The Morgan fingerprint density at radius 2 is 1.96 bits per heavy atom. The highest BCUT2D eigenvalue weighted by Crippen LogP contribution is 2.21. The van der Waals surface area contributed by atoms with Gasteiger partial charge in [-0.2, -0.15) is 0 Å². The van der Waals surface area contributed by atoms with Gasteiger partial charge in [-0.25, -0.2) is 4.79 Å². The van der Waals surface area contributed by atoms with Gasteiger partial charge in [0, 0.05) is 24.6 Å². The fourth-order valence-corrected chi connectivity index (χ4v) is 3.50. The molecule has 1 aromatic rings. The number of benzene rings is 1. The molecule has 4 nitrogen and oxygen atoms in total. The fraction of sp³-hybridized carbons (Fsp3) is 0.611. The van der Waals surface area contributed by atoms with E-state index in [2.05, 4.69) is 36.5 Å². The molecule has 1 atom stereocenters. The summed E-state index contributed by atoms with van der Waals surface area (Å²) in [5.74, 6) is 1.07. The van der Waals surface area contributed by atoms with Crippen molar-refractivity contribution in [2.45, 2.75) is 50.7 Å². The Hall–Kier alpha value is -1.20. The number of rotatable bonds is 6. The number of ether oxygens (including phenoxy) is 1. The average Bonchev–Trinajstić information content (AvgIpc) is 2.56. The van der Waals surface area contributed by atoms with Crippen LogP contribution in [0.2, 0.25) is 0 Å². The van der Waals surface area contributed by atoms with Crippen LogP contribution in [-0.2, 0) is 4.74 Å². The Kier molecular flexibility index (Phi) is 7.24. The number of carbonyl (C=O) groups is 1. The summed E-state index contributed by atoms with van der Waals surface area (Å²) < 4.78 is 5.63. The SMILES string of the molecule is CCOC1CCN(C(=O)N[C@H](C)c2ccc(SCC)cc2)CC1. The van der Waals surface area contributed by atoms with Crippen LogP contribution in [0.25, 0.3) is 0 Å². The first-order valence-corrected chi connectivity index (χ1v) is 9.52. The molecule has 0 spiro atoms. The molecule has 1 heterocycles. The molecule has 0 aliphatic carbocycles. The van der Waals surface area contributed by atoms with Gasteiger partial charge in [0.2, 0.25) is 0 Å². The Morgan fingerprint density at radius 1 is 1.30 bits per heavy atom. The maximum Gasteiger partial charge on any atom is 0.317 e. The zero-order valence-corrected chi connectivity index (χ0v) is 15.2. The highest BCUT2D eigenvalue weighted by Gasteiger charge is 2.23. The zero-order valence-electron chi connectivity index (χ0n) is 14.4. The zero-order chi connectivity index (χ0) is 16.7. The van der Waals surface area contributed by atoms with Gasteiger partial charge in [-0.1, -0.05) is 19.1 Å². The summed E-state index contributed by atoms with van der Waals surface area (Å²) >= 11 is 1.83. The maximum absolute atomic E-state index is 12.4. The van der Waals surface area contributed by atoms with Crippen molar-refractivity contribution in [1.82, 2.24) is 10.2 Å². The summed E-state index contributed by atoms with van der Waals surface area (Å²) in [6.07, 6.45) is 2.17. The van der Waals surface area contributed by atoms with Crippen LogP contribution in [0.4, 0.5) is 4.79 Å². The highest BCUT2D eigenvalue weighted by molar-refractivity contribution is 7.99. The molecule has 1 saturated heterocycles. The number of nitrogens with zero attached hydrogens (tertiary/aromatic N) is 1. The van der Waals surface area contributed by atoms with Crippen LogP contribution < -0.4 is 5.32 Å². The summed E-state index contributed by atoms with van der Waals surface area (Å²) in [7, 11) is 0. The Labute approximate surface area is 144 Å². The van der Waals surface area contributed by atoms with Gasteiger partial charge in [-0.3, -0.25) is 0 Å². The van der Waals surface area contributed by atoms with Crippen molar-refractivity contribution in [3.63, 3.8) is 0 Å². The maximum atomic E-state index is 12.4. The molecule has 1 aliphatic rings. The third-order valence-corrected chi connectivity index (χ3v) is 5.06. The van der Waals surface area contributed by atoms with Gasteiger partial charge >= 0.3 is 6.03 Å². The van der Waals surface area contributed by atoms with E-state index in [0.29, 0.717) is 6.10 Å². The van der Waals surface area contributed by atoms with Crippen molar-refractivity contribution in [1.29, 1.82) is 0 Å².